The van der Waals surface area contributed by atoms with Crippen LogP contribution in [0.5, 0.6) is 11.5 Å². The molecule has 112 valence electrons. The summed E-state index contributed by atoms with van der Waals surface area (Å²) in [6, 6.07) is 5.14. The number of amides is 2. The van der Waals surface area contributed by atoms with Gasteiger partial charge in [-0.15, -0.1) is 0 Å². The standard InChI is InChI=1S/C13H16N4O3S/c1-8-15-13(21-17-8)16-12(18)14-7-9-5-4-6-10(19-2)11(9)20-3/h4-6H,7H2,1-3H3,(H2,14,15,16,17,18). The fraction of sp³-hybridized carbons (Fsp3) is 0.308. The summed E-state index contributed by atoms with van der Waals surface area (Å²) < 4.78 is 14.5. The number of carbonyl (C=O) groups excluding carboxylic acids is 1. The van der Waals surface area contributed by atoms with Crippen LogP contribution in [-0.4, -0.2) is 29.6 Å². The Morgan fingerprint density at radius 2 is 2.14 bits per heavy atom. The number of benzene rings is 1. The SMILES string of the molecule is COc1cccc(CNC(=O)Nc2nc(C)ns2)c1OC. The minimum Gasteiger partial charge on any atom is -0.493 e. The second kappa shape index (κ2) is 6.89. The van der Waals surface area contributed by atoms with Gasteiger partial charge in [0.1, 0.15) is 5.82 Å². The van der Waals surface area contributed by atoms with Crippen molar-refractivity contribution in [1.82, 2.24) is 14.7 Å². The van der Waals surface area contributed by atoms with Gasteiger partial charge in [-0.3, -0.25) is 5.32 Å². The lowest BCUT2D eigenvalue weighted by molar-refractivity contribution is 0.251. The molecule has 0 fully saturated rings. The average Bonchev–Trinajstić information content (AvgIpc) is 2.89. The highest BCUT2D eigenvalue weighted by atomic mass is 32.1. The van der Waals surface area contributed by atoms with E-state index in [0.29, 0.717) is 29.0 Å². The van der Waals surface area contributed by atoms with E-state index in [9.17, 15) is 4.79 Å². The van der Waals surface area contributed by atoms with Crippen molar-refractivity contribution in [1.29, 1.82) is 0 Å². The summed E-state index contributed by atoms with van der Waals surface area (Å²) in [5.74, 6) is 1.86. The zero-order valence-corrected chi connectivity index (χ0v) is 12.8. The highest BCUT2D eigenvalue weighted by Gasteiger charge is 2.11. The van der Waals surface area contributed by atoms with Crippen LogP contribution in [0.25, 0.3) is 0 Å². The van der Waals surface area contributed by atoms with Crippen molar-refractivity contribution in [2.45, 2.75) is 13.5 Å². The van der Waals surface area contributed by atoms with E-state index >= 15 is 0 Å². The van der Waals surface area contributed by atoms with Crippen LogP contribution in [0.2, 0.25) is 0 Å². The molecule has 0 aliphatic carbocycles. The molecule has 0 aliphatic heterocycles. The van der Waals surface area contributed by atoms with Crippen molar-refractivity contribution in [2.75, 3.05) is 19.5 Å². The van der Waals surface area contributed by atoms with Crippen LogP contribution < -0.4 is 20.1 Å². The van der Waals surface area contributed by atoms with Crippen LogP contribution in [0.4, 0.5) is 9.93 Å². The molecule has 2 aromatic rings. The smallest absolute Gasteiger partial charge is 0.321 e. The van der Waals surface area contributed by atoms with E-state index in [4.69, 9.17) is 9.47 Å². The van der Waals surface area contributed by atoms with Gasteiger partial charge in [0.25, 0.3) is 0 Å². The molecule has 7 nitrogen and oxygen atoms in total. The first-order valence-electron chi connectivity index (χ1n) is 6.19. The van der Waals surface area contributed by atoms with Gasteiger partial charge in [0, 0.05) is 23.6 Å². The summed E-state index contributed by atoms with van der Waals surface area (Å²) in [6.07, 6.45) is 0. The number of urea groups is 1. The number of anilines is 1. The first-order chi connectivity index (χ1) is 10.1. The summed E-state index contributed by atoms with van der Waals surface area (Å²) in [6.45, 7) is 2.07. The van der Waals surface area contributed by atoms with Crippen molar-refractivity contribution in [2.24, 2.45) is 0 Å². The summed E-state index contributed by atoms with van der Waals surface area (Å²) in [5, 5.41) is 5.82. The first-order valence-corrected chi connectivity index (χ1v) is 6.96. The van der Waals surface area contributed by atoms with Crippen LogP contribution in [0.3, 0.4) is 0 Å². The Hall–Kier alpha value is -2.35. The Bertz CT molecular complexity index is 630. The molecule has 8 heteroatoms. The van der Waals surface area contributed by atoms with Gasteiger partial charge < -0.3 is 14.8 Å². The van der Waals surface area contributed by atoms with Crippen LogP contribution in [-0.2, 0) is 6.54 Å². The number of rotatable bonds is 5. The van der Waals surface area contributed by atoms with Gasteiger partial charge in [-0.1, -0.05) is 12.1 Å². The lowest BCUT2D eigenvalue weighted by atomic mass is 10.2. The number of nitrogens with zero attached hydrogens (tertiary/aromatic N) is 2. The van der Waals surface area contributed by atoms with Gasteiger partial charge >= 0.3 is 6.03 Å². The highest BCUT2D eigenvalue weighted by Crippen LogP contribution is 2.30. The molecule has 2 N–H and O–H groups in total. The minimum atomic E-state index is -0.351. The third kappa shape index (κ3) is 3.82. The molecule has 2 rings (SSSR count). The number of ether oxygens (including phenoxy) is 2. The number of para-hydroxylation sites is 1. The van der Waals surface area contributed by atoms with E-state index in [1.807, 2.05) is 12.1 Å². The van der Waals surface area contributed by atoms with Crippen LogP contribution in [0, 0.1) is 6.92 Å². The summed E-state index contributed by atoms with van der Waals surface area (Å²) >= 11 is 1.14. The number of hydrogen-bond acceptors (Lipinski definition) is 6. The van der Waals surface area contributed by atoms with Crippen molar-refractivity contribution in [3.8, 4) is 11.5 Å². The van der Waals surface area contributed by atoms with Gasteiger partial charge in [-0.2, -0.15) is 4.37 Å². The summed E-state index contributed by atoms with van der Waals surface area (Å²) in [7, 11) is 3.13. The minimum absolute atomic E-state index is 0.310. The molecule has 0 aliphatic rings. The van der Waals surface area contributed by atoms with Crippen molar-refractivity contribution < 1.29 is 14.3 Å². The molecule has 0 saturated heterocycles. The number of carbonyl (C=O) groups is 1. The van der Waals surface area contributed by atoms with Gasteiger partial charge in [0.2, 0.25) is 5.13 Å². The molecule has 0 unspecified atom stereocenters. The Balaban J connectivity index is 1.98. The third-order valence-corrected chi connectivity index (χ3v) is 3.39. The molecule has 0 saturated carbocycles. The quantitative estimate of drug-likeness (QED) is 0.884. The molecule has 21 heavy (non-hydrogen) atoms. The second-order valence-electron chi connectivity index (χ2n) is 4.11. The van der Waals surface area contributed by atoms with E-state index in [0.717, 1.165) is 17.1 Å². The molecule has 1 aromatic carbocycles. The Morgan fingerprint density at radius 3 is 2.76 bits per heavy atom. The van der Waals surface area contributed by atoms with Gasteiger partial charge in [0.15, 0.2) is 11.5 Å². The number of aryl methyl sites for hydroxylation is 1. The number of nitrogens with one attached hydrogen (secondary N) is 2. The van der Waals surface area contributed by atoms with Gasteiger partial charge in [-0.25, -0.2) is 9.78 Å². The Morgan fingerprint density at radius 1 is 1.33 bits per heavy atom. The molecular weight excluding hydrogens is 292 g/mol. The summed E-state index contributed by atoms with van der Waals surface area (Å²) in [5.41, 5.74) is 0.820. The maximum Gasteiger partial charge on any atom is 0.321 e. The largest absolute Gasteiger partial charge is 0.493 e. The molecule has 2 amide bonds. The number of hydrogen-bond donors (Lipinski definition) is 2. The molecule has 0 atom stereocenters. The lowest BCUT2D eigenvalue weighted by Crippen LogP contribution is -2.28. The zero-order chi connectivity index (χ0) is 15.2. The summed E-state index contributed by atoms with van der Waals surface area (Å²) in [4.78, 5) is 15.9. The van der Waals surface area contributed by atoms with Crippen molar-refractivity contribution in [3.63, 3.8) is 0 Å². The number of methoxy groups -OCH3 is 2. The number of aromatic nitrogens is 2. The monoisotopic (exact) mass is 308 g/mol. The predicted molar refractivity (Wildman–Crippen MR) is 80.1 cm³/mol. The topological polar surface area (TPSA) is 85.4 Å². The lowest BCUT2D eigenvalue weighted by Gasteiger charge is -2.13. The third-order valence-electron chi connectivity index (χ3n) is 2.67. The van der Waals surface area contributed by atoms with E-state index in [1.165, 1.54) is 0 Å². The molecule has 1 heterocycles. The Kier molecular flexibility index (Phi) is 4.94. The normalized spacial score (nSPS) is 10.0. The van der Waals surface area contributed by atoms with E-state index in [-0.39, 0.29) is 6.03 Å². The first kappa shape index (κ1) is 15.0. The fourth-order valence-electron chi connectivity index (χ4n) is 1.76. The molecule has 1 aromatic heterocycles. The van der Waals surface area contributed by atoms with Crippen LogP contribution in [0.15, 0.2) is 18.2 Å². The van der Waals surface area contributed by atoms with Crippen molar-refractivity contribution in [3.05, 3.63) is 29.6 Å². The Labute approximate surface area is 126 Å². The molecular formula is C13H16N4O3S. The zero-order valence-electron chi connectivity index (χ0n) is 12.0. The maximum absolute atomic E-state index is 11.8. The average molecular weight is 308 g/mol. The van der Waals surface area contributed by atoms with Crippen LogP contribution >= 0.6 is 11.5 Å². The van der Waals surface area contributed by atoms with Gasteiger partial charge in [-0.05, 0) is 13.0 Å². The fourth-order valence-corrected chi connectivity index (χ4v) is 2.33. The van der Waals surface area contributed by atoms with E-state index in [2.05, 4.69) is 20.0 Å². The predicted octanol–water partition coefficient (Wildman–Crippen LogP) is 2.19. The van der Waals surface area contributed by atoms with E-state index < -0.39 is 0 Å². The van der Waals surface area contributed by atoms with Crippen LogP contribution in [0.1, 0.15) is 11.4 Å². The molecule has 0 bridgehead atoms. The van der Waals surface area contributed by atoms with Crippen molar-refractivity contribution >= 4 is 22.7 Å². The van der Waals surface area contributed by atoms with Gasteiger partial charge in [0.05, 0.1) is 14.2 Å². The highest BCUT2D eigenvalue weighted by molar-refractivity contribution is 7.09. The maximum atomic E-state index is 11.8. The second-order valence-corrected chi connectivity index (χ2v) is 4.86. The molecule has 0 spiro atoms. The van der Waals surface area contributed by atoms with E-state index in [1.54, 1.807) is 27.2 Å². The molecule has 0 radical (unpaired) electrons.